The summed E-state index contributed by atoms with van der Waals surface area (Å²) in [7, 11) is 0. The van der Waals surface area contributed by atoms with Crippen LogP contribution in [-0.2, 0) is 0 Å². The van der Waals surface area contributed by atoms with Gasteiger partial charge in [-0.05, 0) is 18.3 Å². The maximum absolute atomic E-state index is 7.30. The Kier molecular flexibility index (Phi) is 2.24. The van der Waals surface area contributed by atoms with Crippen molar-refractivity contribution in [1.82, 2.24) is 0 Å². The Bertz CT molecular complexity index is 93.2. The van der Waals surface area contributed by atoms with Gasteiger partial charge in [0, 0.05) is 0 Å². The molecule has 0 aliphatic heterocycles. The van der Waals surface area contributed by atoms with Crippen LogP contribution in [0.3, 0.4) is 0 Å². The van der Waals surface area contributed by atoms with Crippen molar-refractivity contribution < 1.29 is 51.4 Å². The van der Waals surface area contributed by atoms with Crippen molar-refractivity contribution in [3.05, 3.63) is 5.73 Å². The Morgan fingerprint density at radius 2 is 1.88 bits per heavy atom. The van der Waals surface area contributed by atoms with Crippen molar-refractivity contribution in [2.75, 3.05) is 0 Å². The molecule has 8 heavy (non-hydrogen) atoms. The van der Waals surface area contributed by atoms with E-state index < -0.39 is 0 Å². The van der Waals surface area contributed by atoms with E-state index >= 15 is 0 Å². The van der Waals surface area contributed by atoms with E-state index in [1.165, 1.54) is 25.7 Å². The second-order valence-electron chi connectivity index (χ2n) is 2.97. The van der Waals surface area contributed by atoms with Crippen LogP contribution in [0.25, 0.3) is 5.73 Å². The average molecular weight is 135 g/mol. The van der Waals surface area contributed by atoms with Crippen LogP contribution in [0.15, 0.2) is 0 Å². The fourth-order valence-corrected chi connectivity index (χ4v) is 1.53. The van der Waals surface area contributed by atoms with Gasteiger partial charge in [0.2, 0.25) is 0 Å². The largest absolute Gasteiger partial charge is 1.00 e. The van der Waals surface area contributed by atoms with Gasteiger partial charge in [-0.3, -0.25) is 0 Å². The summed E-state index contributed by atoms with van der Waals surface area (Å²) in [6, 6.07) is 0.348. The quantitative estimate of drug-likeness (QED) is 0.380. The van der Waals surface area contributed by atoms with Crippen LogP contribution in [0.1, 0.15) is 25.7 Å². The summed E-state index contributed by atoms with van der Waals surface area (Å²) in [5.74, 6) is 0. The zero-order chi connectivity index (χ0) is 4.91. The van der Waals surface area contributed by atoms with Crippen molar-refractivity contribution in [2.24, 2.45) is 5.41 Å². The molecule has 1 atom stereocenters. The van der Waals surface area contributed by atoms with Crippen molar-refractivity contribution in [2.45, 2.75) is 31.7 Å². The number of hydrogen-bond acceptors (Lipinski definition) is 0. The van der Waals surface area contributed by atoms with Gasteiger partial charge in [-0.1, -0.05) is 12.8 Å². The van der Waals surface area contributed by atoms with E-state index in [0.717, 1.165) is 0 Å². The molecule has 2 fully saturated rings. The molecule has 0 aromatic carbocycles. The Balaban J connectivity index is 0.000000320. The van der Waals surface area contributed by atoms with E-state index in [2.05, 4.69) is 0 Å². The van der Waals surface area contributed by atoms with Crippen LogP contribution in [-0.4, -0.2) is 6.04 Å². The molecule has 0 heterocycles. The summed E-state index contributed by atoms with van der Waals surface area (Å²) in [6.07, 6.45) is 5.34. The fraction of sp³-hybridized carbons (Fsp3) is 1.00. The van der Waals surface area contributed by atoms with E-state index in [4.69, 9.17) is 5.73 Å². The summed E-state index contributed by atoms with van der Waals surface area (Å²) in [5, 5.41) is 0. The Morgan fingerprint density at radius 1 is 1.38 bits per heavy atom. The molecule has 40 valence electrons. The number of nitrogens with one attached hydrogen (secondary N) is 1. The molecule has 0 aromatic rings. The Hall–Kier alpha value is 1.60. The third-order valence-electron chi connectivity index (χ3n) is 2.54. The third-order valence-corrected chi connectivity index (χ3v) is 2.54. The molecule has 2 aliphatic rings. The Labute approximate surface area is 92.8 Å². The van der Waals surface area contributed by atoms with E-state index in [1.807, 2.05) is 0 Å². The molecule has 1 spiro atoms. The van der Waals surface area contributed by atoms with Gasteiger partial charge in [-0.2, -0.15) is 0 Å². The Morgan fingerprint density at radius 3 is 1.88 bits per heavy atom. The van der Waals surface area contributed by atoms with Crippen LogP contribution in [0, 0.1) is 5.41 Å². The van der Waals surface area contributed by atoms with E-state index in [1.54, 1.807) is 0 Å². The van der Waals surface area contributed by atoms with Crippen LogP contribution >= 0.6 is 0 Å². The summed E-state index contributed by atoms with van der Waals surface area (Å²) in [4.78, 5) is 0. The molecule has 0 amide bonds. The van der Waals surface area contributed by atoms with Gasteiger partial charge in [-0.25, -0.2) is 0 Å². The standard InChI is InChI=1S/C6H10N.K/c7-5-4-6(5)2-1-3-6;/h5,7H,1-4H2;/q-1;+1. The predicted molar refractivity (Wildman–Crippen MR) is 29.0 cm³/mol. The molecule has 2 rings (SSSR count). The van der Waals surface area contributed by atoms with Gasteiger partial charge >= 0.3 is 51.4 Å². The molecule has 0 aromatic heterocycles. The van der Waals surface area contributed by atoms with Gasteiger partial charge in [-0.15, -0.1) is 6.04 Å². The second-order valence-corrected chi connectivity index (χ2v) is 2.97. The van der Waals surface area contributed by atoms with Crippen LogP contribution < -0.4 is 51.4 Å². The molecule has 2 aliphatic carbocycles. The summed E-state index contributed by atoms with van der Waals surface area (Å²) in [5.41, 5.74) is 7.90. The molecule has 1 unspecified atom stereocenters. The first-order valence-corrected chi connectivity index (χ1v) is 3.05. The van der Waals surface area contributed by atoms with Crippen LogP contribution in [0.2, 0.25) is 0 Å². The van der Waals surface area contributed by atoms with Gasteiger partial charge < -0.3 is 5.73 Å². The molecule has 2 saturated carbocycles. The van der Waals surface area contributed by atoms with Gasteiger partial charge in [0.1, 0.15) is 0 Å². The third kappa shape index (κ3) is 0.956. The molecule has 0 bridgehead atoms. The average Bonchev–Trinajstić information content (AvgIpc) is 2.10. The monoisotopic (exact) mass is 135 g/mol. The van der Waals surface area contributed by atoms with Gasteiger partial charge in [0.15, 0.2) is 0 Å². The van der Waals surface area contributed by atoms with Crippen LogP contribution in [0.4, 0.5) is 0 Å². The van der Waals surface area contributed by atoms with Crippen molar-refractivity contribution in [3.63, 3.8) is 0 Å². The van der Waals surface area contributed by atoms with Crippen molar-refractivity contribution in [3.8, 4) is 0 Å². The van der Waals surface area contributed by atoms with E-state index in [9.17, 15) is 0 Å². The first-order valence-electron chi connectivity index (χ1n) is 3.05. The first kappa shape index (κ1) is 7.70. The summed E-state index contributed by atoms with van der Waals surface area (Å²) < 4.78 is 0. The molecule has 0 saturated heterocycles. The minimum atomic E-state index is 0. The minimum Gasteiger partial charge on any atom is -0.674 e. The predicted octanol–water partition coefficient (Wildman–Crippen LogP) is -1.01. The zero-order valence-electron chi connectivity index (χ0n) is 5.41. The normalized spacial score (nSPS) is 37.9. The maximum Gasteiger partial charge on any atom is 1.00 e. The van der Waals surface area contributed by atoms with Crippen molar-refractivity contribution in [1.29, 1.82) is 0 Å². The zero-order valence-corrected chi connectivity index (χ0v) is 8.53. The molecule has 2 heteroatoms. The SMILES string of the molecule is [K+].[NH-]C1CC12CCC2. The van der Waals surface area contributed by atoms with Crippen LogP contribution in [0.5, 0.6) is 0 Å². The summed E-state index contributed by atoms with van der Waals surface area (Å²) in [6.45, 7) is 0. The molecule has 1 nitrogen and oxygen atoms in total. The minimum absolute atomic E-state index is 0. The number of rotatable bonds is 0. The summed E-state index contributed by atoms with van der Waals surface area (Å²) >= 11 is 0. The number of hydrogen-bond donors (Lipinski definition) is 0. The van der Waals surface area contributed by atoms with E-state index in [-0.39, 0.29) is 51.4 Å². The maximum atomic E-state index is 7.30. The molecular formula is C6H10KN. The fourth-order valence-electron chi connectivity index (χ4n) is 1.53. The first-order chi connectivity index (χ1) is 3.33. The van der Waals surface area contributed by atoms with E-state index in [0.29, 0.717) is 11.5 Å². The second kappa shape index (κ2) is 2.33. The van der Waals surface area contributed by atoms with Gasteiger partial charge in [0.05, 0.1) is 0 Å². The molecular weight excluding hydrogens is 125 g/mol. The van der Waals surface area contributed by atoms with Gasteiger partial charge in [0.25, 0.3) is 0 Å². The van der Waals surface area contributed by atoms with Crippen molar-refractivity contribution >= 4 is 0 Å². The topological polar surface area (TPSA) is 23.8 Å². The molecule has 0 radical (unpaired) electrons. The molecule has 1 N–H and O–H groups in total. The smallest absolute Gasteiger partial charge is 0.674 e.